The molecule has 0 unspecified atom stereocenters. The number of allylic oxidation sites excluding steroid dienone is 1. The first-order chi connectivity index (χ1) is 4.72. The van der Waals surface area contributed by atoms with Crippen LogP contribution in [0.3, 0.4) is 0 Å². The van der Waals surface area contributed by atoms with Gasteiger partial charge in [-0.3, -0.25) is 0 Å². The van der Waals surface area contributed by atoms with Crippen LogP contribution in [0.5, 0.6) is 0 Å². The number of furan rings is 1. The van der Waals surface area contributed by atoms with Gasteiger partial charge >= 0.3 is 0 Å². The number of halogens is 2. The van der Waals surface area contributed by atoms with Gasteiger partial charge in [-0.15, -0.1) is 0 Å². The van der Waals surface area contributed by atoms with Gasteiger partial charge in [-0.1, -0.05) is 0 Å². The zero-order valence-corrected chi connectivity index (χ0v) is 5.40. The van der Waals surface area contributed by atoms with Crippen LogP contribution in [0, 0.1) is 0 Å². The third-order valence-electron chi connectivity index (χ3n) is 1.24. The van der Waals surface area contributed by atoms with Crippen molar-refractivity contribution < 1.29 is 13.2 Å². The van der Waals surface area contributed by atoms with Gasteiger partial charge in [0.25, 0.3) is 6.08 Å². The van der Waals surface area contributed by atoms with Crippen molar-refractivity contribution in [2.75, 3.05) is 0 Å². The summed E-state index contributed by atoms with van der Waals surface area (Å²) in [5, 5.41) is 0. The van der Waals surface area contributed by atoms with Crippen molar-refractivity contribution in [2.24, 2.45) is 0 Å². The molecule has 3 heteroatoms. The van der Waals surface area contributed by atoms with E-state index in [-0.39, 0.29) is 5.57 Å². The van der Waals surface area contributed by atoms with Crippen LogP contribution in [0.15, 0.2) is 29.1 Å². The highest BCUT2D eigenvalue weighted by Crippen LogP contribution is 2.19. The smallest absolute Gasteiger partial charge is 0.273 e. The summed E-state index contributed by atoms with van der Waals surface area (Å²) in [7, 11) is 0. The second kappa shape index (κ2) is 2.64. The van der Waals surface area contributed by atoms with E-state index in [4.69, 9.17) is 0 Å². The molecule has 0 amide bonds. The first-order valence-corrected chi connectivity index (χ1v) is 2.76. The maximum atomic E-state index is 11.8. The van der Waals surface area contributed by atoms with Crippen molar-refractivity contribution >= 4 is 5.57 Å². The van der Waals surface area contributed by atoms with E-state index < -0.39 is 6.08 Å². The average molecular weight is 144 g/mol. The van der Waals surface area contributed by atoms with E-state index in [2.05, 4.69) is 4.42 Å². The summed E-state index contributed by atoms with van der Waals surface area (Å²) < 4.78 is 28.3. The Balaban J connectivity index is 2.99. The molecule has 1 nitrogen and oxygen atoms in total. The van der Waals surface area contributed by atoms with Crippen LogP contribution in [-0.4, -0.2) is 0 Å². The zero-order valence-electron chi connectivity index (χ0n) is 5.40. The van der Waals surface area contributed by atoms with Crippen LogP contribution >= 0.6 is 0 Å². The summed E-state index contributed by atoms with van der Waals surface area (Å²) in [5.74, 6) is 0. The number of rotatable bonds is 1. The molecule has 54 valence electrons. The van der Waals surface area contributed by atoms with E-state index in [9.17, 15) is 8.78 Å². The van der Waals surface area contributed by atoms with Crippen LogP contribution in [0.25, 0.3) is 5.57 Å². The summed E-state index contributed by atoms with van der Waals surface area (Å²) >= 11 is 0. The van der Waals surface area contributed by atoms with Crippen molar-refractivity contribution in [3.05, 3.63) is 30.2 Å². The Labute approximate surface area is 57.0 Å². The summed E-state index contributed by atoms with van der Waals surface area (Å²) in [6, 6.07) is 1.49. The van der Waals surface area contributed by atoms with Gasteiger partial charge in [0.1, 0.15) is 0 Å². The van der Waals surface area contributed by atoms with E-state index in [1.165, 1.54) is 25.5 Å². The maximum Gasteiger partial charge on any atom is 0.273 e. The average Bonchev–Trinajstić information content (AvgIpc) is 2.36. The molecule has 0 radical (unpaired) electrons. The zero-order chi connectivity index (χ0) is 7.56. The van der Waals surface area contributed by atoms with Crippen molar-refractivity contribution in [1.82, 2.24) is 0 Å². The highest BCUT2D eigenvalue weighted by Gasteiger charge is 2.02. The number of hydrogen-bond donors (Lipinski definition) is 0. The predicted octanol–water partition coefficient (Wildman–Crippen LogP) is 2.91. The van der Waals surface area contributed by atoms with Gasteiger partial charge in [0, 0.05) is 11.1 Å². The lowest BCUT2D eigenvalue weighted by Crippen LogP contribution is -1.73. The minimum atomic E-state index is -1.67. The molecule has 0 saturated carbocycles. The third-order valence-corrected chi connectivity index (χ3v) is 1.24. The Morgan fingerprint density at radius 2 is 2.20 bits per heavy atom. The van der Waals surface area contributed by atoms with Gasteiger partial charge in [-0.25, -0.2) is 0 Å². The van der Waals surface area contributed by atoms with Crippen molar-refractivity contribution in [1.29, 1.82) is 0 Å². The maximum absolute atomic E-state index is 11.8. The minimum Gasteiger partial charge on any atom is -0.472 e. The quantitative estimate of drug-likeness (QED) is 0.590. The van der Waals surface area contributed by atoms with Gasteiger partial charge in [0.15, 0.2) is 0 Å². The fourth-order valence-corrected chi connectivity index (χ4v) is 0.587. The summed E-state index contributed by atoms with van der Waals surface area (Å²) in [6.45, 7) is 1.35. The molecule has 1 aromatic heterocycles. The largest absolute Gasteiger partial charge is 0.472 e. The first-order valence-electron chi connectivity index (χ1n) is 2.76. The lowest BCUT2D eigenvalue weighted by atomic mass is 10.2. The Bertz CT molecular complexity index is 232. The standard InChI is InChI=1S/C7H6F2O/c1-5(7(8)9)6-2-3-10-4-6/h2-4H,1H3. The van der Waals surface area contributed by atoms with Gasteiger partial charge < -0.3 is 4.42 Å². The second-order valence-electron chi connectivity index (χ2n) is 1.90. The third kappa shape index (κ3) is 1.23. The summed E-state index contributed by atoms with van der Waals surface area (Å²) in [5.41, 5.74) is 0.397. The van der Waals surface area contributed by atoms with Crippen LogP contribution in [-0.2, 0) is 0 Å². The normalized spacial score (nSPS) is 9.50. The van der Waals surface area contributed by atoms with Crippen LogP contribution < -0.4 is 0 Å². The molecule has 0 spiro atoms. The molecule has 0 aliphatic carbocycles. The molecule has 1 heterocycles. The lowest BCUT2D eigenvalue weighted by Gasteiger charge is -1.90. The lowest BCUT2D eigenvalue weighted by molar-refractivity contribution is 0.425. The topological polar surface area (TPSA) is 13.1 Å². The SMILES string of the molecule is CC(=C(F)F)c1ccoc1. The molecular formula is C7H6F2O. The number of hydrogen-bond acceptors (Lipinski definition) is 1. The van der Waals surface area contributed by atoms with Crippen molar-refractivity contribution in [2.45, 2.75) is 6.92 Å². The van der Waals surface area contributed by atoms with Crippen LogP contribution in [0.4, 0.5) is 8.78 Å². The first kappa shape index (κ1) is 6.99. The van der Waals surface area contributed by atoms with Gasteiger partial charge in [-0.05, 0) is 13.0 Å². The Morgan fingerprint density at radius 3 is 2.60 bits per heavy atom. The van der Waals surface area contributed by atoms with Crippen LogP contribution in [0.1, 0.15) is 12.5 Å². The van der Waals surface area contributed by atoms with E-state index in [1.54, 1.807) is 0 Å². The highest BCUT2D eigenvalue weighted by molar-refractivity contribution is 5.62. The molecule has 1 rings (SSSR count). The Hall–Kier alpha value is -1.12. The van der Waals surface area contributed by atoms with Gasteiger partial charge in [0.05, 0.1) is 12.5 Å². The molecule has 0 aliphatic rings. The van der Waals surface area contributed by atoms with E-state index in [0.717, 1.165) is 0 Å². The van der Waals surface area contributed by atoms with E-state index >= 15 is 0 Å². The summed E-state index contributed by atoms with van der Waals surface area (Å²) in [4.78, 5) is 0. The van der Waals surface area contributed by atoms with E-state index in [0.29, 0.717) is 5.56 Å². The second-order valence-corrected chi connectivity index (χ2v) is 1.90. The molecule has 0 aromatic carbocycles. The molecular weight excluding hydrogens is 138 g/mol. The molecule has 1 aromatic rings. The van der Waals surface area contributed by atoms with Crippen molar-refractivity contribution in [3.63, 3.8) is 0 Å². The van der Waals surface area contributed by atoms with Crippen molar-refractivity contribution in [3.8, 4) is 0 Å². The highest BCUT2D eigenvalue weighted by atomic mass is 19.3. The monoisotopic (exact) mass is 144 g/mol. The molecule has 0 N–H and O–H groups in total. The molecule has 0 bridgehead atoms. The van der Waals surface area contributed by atoms with E-state index in [1.807, 2.05) is 0 Å². The Kier molecular flexibility index (Phi) is 1.85. The fraction of sp³-hybridized carbons (Fsp3) is 0.143. The summed E-state index contributed by atoms with van der Waals surface area (Å²) in [6.07, 6.45) is 0.984. The molecule has 0 atom stereocenters. The fourth-order valence-electron chi connectivity index (χ4n) is 0.587. The molecule has 10 heavy (non-hydrogen) atoms. The molecule has 0 saturated heterocycles. The van der Waals surface area contributed by atoms with Crippen LogP contribution in [0.2, 0.25) is 0 Å². The molecule has 0 fully saturated rings. The predicted molar refractivity (Wildman–Crippen MR) is 33.5 cm³/mol. The minimum absolute atomic E-state index is 0.0336. The van der Waals surface area contributed by atoms with Gasteiger partial charge in [-0.2, -0.15) is 8.78 Å². The van der Waals surface area contributed by atoms with Gasteiger partial charge in [0.2, 0.25) is 0 Å². The molecule has 0 aliphatic heterocycles. The Morgan fingerprint density at radius 1 is 1.50 bits per heavy atom.